The molecule has 1 atom stereocenters. The number of benzene rings is 2. The number of hydrogen-bond donors (Lipinski definition) is 1. The van der Waals surface area contributed by atoms with E-state index >= 15 is 0 Å². The molecule has 2 aromatic carbocycles. The lowest BCUT2D eigenvalue weighted by Crippen LogP contribution is -2.34. The van der Waals surface area contributed by atoms with Crippen LogP contribution in [0.1, 0.15) is 18.4 Å². The average molecular weight is 471 g/mol. The molecule has 0 bridgehead atoms. The highest BCUT2D eigenvalue weighted by atomic mass is 35.5. The Morgan fingerprint density at radius 1 is 1.06 bits per heavy atom. The molecule has 0 aliphatic carbocycles. The molecule has 0 spiro atoms. The van der Waals surface area contributed by atoms with Crippen LogP contribution < -0.4 is 14.8 Å². The van der Waals surface area contributed by atoms with Crippen molar-refractivity contribution in [3.05, 3.63) is 59.1 Å². The third-order valence-electron chi connectivity index (χ3n) is 5.21. The van der Waals surface area contributed by atoms with Gasteiger partial charge in [-0.05, 0) is 73.8 Å². The van der Waals surface area contributed by atoms with E-state index < -0.39 is 11.7 Å². The van der Waals surface area contributed by atoms with Gasteiger partial charge in [0.2, 0.25) is 0 Å². The molecule has 1 heterocycles. The highest BCUT2D eigenvalue weighted by Crippen LogP contribution is 2.30. The van der Waals surface area contributed by atoms with E-state index in [0.29, 0.717) is 24.1 Å². The molecule has 1 N–H and O–H groups in total. The Hall–Kier alpha value is -2.45. The molecule has 0 saturated carbocycles. The average Bonchev–Trinajstić information content (AvgIpc) is 3.22. The van der Waals surface area contributed by atoms with Gasteiger partial charge in [0.25, 0.3) is 5.91 Å². The fourth-order valence-corrected chi connectivity index (χ4v) is 3.62. The van der Waals surface area contributed by atoms with Gasteiger partial charge in [-0.3, -0.25) is 4.79 Å². The van der Waals surface area contributed by atoms with Gasteiger partial charge in [0.05, 0.1) is 12.2 Å². The van der Waals surface area contributed by atoms with E-state index in [1.54, 1.807) is 12.1 Å². The van der Waals surface area contributed by atoms with Gasteiger partial charge in [0, 0.05) is 24.7 Å². The lowest BCUT2D eigenvalue weighted by Gasteiger charge is -2.16. The second kappa shape index (κ2) is 11.4. The van der Waals surface area contributed by atoms with Crippen LogP contribution in [0.3, 0.4) is 0 Å². The first-order valence-electron chi connectivity index (χ1n) is 10.5. The molecule has 2 aromatic rings. The third kappa shape index (κ3) is 7.91. The van der Waals surface area contributed by atoms with Crippen molar-refractivity contribution >= 4 is 17.5 Å². The zero-order chi connectivity index (χ0) is 23.0. The number of carbonyl (C=O) groups is 1. The van der Waals surface area contributed by atoms with E-state index in [0.717, 1.165) is 50.4 Å². The molecule has 9 heteroatoms. The van der Waals surface area contributed by atoms with Gasteiger partial charge in [-0.15, -0.1) is 0 Å². The van der Waals surface area contributed by atoms with Gasteiger partial charge in [-0.25, -0.2) is 0 Å². The summed E-state index contributed by atoms with van der Waals surface area (Å²) in [6.07, 6.45) is -2.49. The molecule has 5 nitrogen and oxygen atoms in total. The Kier molecular flexibility index (Phi) is 8.64. The van der Waals surface area contributed by atoms with Gasteiger partial charge >= 0.3 is 6.18 Å². The molecular formula is C23H26ClF3N2O3. The Morgan fingerprint density at radius 2 is 1.72 bits per heavy atom. The van der Waals surface area contributed by atoms with Crippen molar-refractivity contribution in [2.75, 3.05) is 39.4 Å². The minimum absolute atomic E-state index is 0.223. The van der Waals surface area contributed by atoms with Crippen LogP contribution in [0.2, 0.25) is 5.02 Å². The van der Waals surface area contributed by atoms with Crippen molar-refractivity contribution < 1.29 is 27.4 Å². The number of rotatable bonds is 10. The molecule has 0 aromatic heterocycles. The first-order chi connectivity index (χ1) is 15.3. The zero-order valence-electron chi connectivity index (χ0n) is 17.5. The van der Waals surface area contributed by atoms with Crippen LogP contribution in [0, 0.1) is 5.92 Å². The topological polar surface area (TPSA) is 50.8 Å². The first kappa shape index (κ1) is 24.2. The monoisotopic (exact) mass is 470 g/mol. The fraction of sp³-hybridized carbons (Fsp3) is 0.435. The molecule has 0 radical (unpaired) electrons. The fourth-order valence-electron chi connectivity index (χ4n) is 3.49. The van der Waals surface area contributed by atoms with Gasteiger partial charge < -0.3 is 19.7 Å². The van der Waals surface area contributed by atoms with Crippen LogP contribution in [0.5, 0.6) is 11.5 Å². The van der Waals surface area contributed by atoms with E-state index in [4.69, 9.17) is 21.1 Å². The molecule has 1 aliphatic heterocycles. The first-order valence-corrected chi connectivity index (χ1v) is 10.8. The maximum absolute atomic E-state index is 12.6. The van der Waals surface area contributed by atoms with Crippen molar-refractivity contribution in [1.82, 2.24) is 10.2 Å². The summed E-state index contributed by atoms with van der Waals surface area (Å²) >= 11 is 5.85. The number of ether oxygens (including phenoxy) is 2. The standard InChI is InChI=1S/C23H26ClF3N2O3/c24-19-4-8-20(9-5-19)31-13-1-11-29-12-10-17(15-29)14-28-22(30)16-32-21-6-2-18(3-7-21)23(25,26)27/h2-9,17H,1,10-16H2,(H,28,30). The van der Waals surface area contributed by atoms with Gasteiger partial charge in [-0.2, -0.15) is 13.2 Å². The van der Waals surface area contributed by atoms with Gasteiger partial charge in [-0.1, -0.05) is 11.6 Å². The number of amides is 1. The Morgan fingerprint density at radius 3 is 2.41 bits per heavy atom. The highest BCUT2D eigenvalue weighted by molar-refractivity contribution is 6.30. The SMILES string of the molecule is O=C(COc1ccc(C(F)(F)F)cc1)NCC1CCN(CCCOc2ccc(Cl)cc2)C1. The maximum atomic E-state index is 12.6. The molecule has 1 aliphatic rings. The maximum Gasteiger partial charge on any atom is 0.416 e. The summed E-state index contributed by atoms with van der Waals surface area (Å²) in [4.78, 5) is 14.3. The second-order valence-corrected chi connectivity index (χ2v) is 8.16. The van der Waals surface area contributed by atoms with E-state index in [9.17, 15) is 18.0 Å². The molecule has 1 fully saturated rings. The summed E-state index contributed by atoms with van der Waals surface area (Å²) in [5, 5.41) is 3.52. The van der Waals surface area contributed by atoms with Crippen LogP contribution in [-0.2, 0) is 11.0 Å². The summed E-state index contributed by atoms with van der Waals surface area (Å²) in [6.45, 7) is 3.75. The predicted octanol–water partition coefficient (Wildman–Crippen LogP) is 4.64. The second-order valence-electron chi connectivity index (χ2n) is 7.73. The predicted molar refractivity (Wildman–Crippen MR) is 116 cm³/mol. The Labute approximate surface area is 190 Å². The van der Waals surface area contributed by atoms with Crippen LogP contribution in [0.15, 0.2) is 48.5 Å². The minimum Gasteiger partial charge on any atom is -0.494 e. The van der Waals surface area contributed by atoms with Gasteiger partial charge in [0.1, 0.15) is 11.5 Å². The van der Waals surface area contributed by atoms with Crippen molar-refractivity contribution in [3.63, 3.8) is 0 Å². The smallest absolute Gasteiger partial charge is 0.416 e. The van der Waals surface area contributed by atoms with E-state index in [1.807, 2.05) is 12.1 Å². The van der Waals surface area contributed by atoms with Crippen molar-refractivity contribution in [2.24, 2.45) is 5.92 Å². The highest BCUT2D eigenvalue weighted by Gasteiger charge is 2.30. The van der Waals surface area contributed by atoms with Gasteiger partial charge in [0.15, 0.2) is 6.61 Å². The number of alkyl halides is 3. The molecule has 3 rings (SSSR count). The summed E-state index contributed by atoms with van der Waals surface area (Å²) in [6, 6.07) is 11.6. The number of carbonyl (C=O) groups excluding carboxylic acids is 1. The molecular weight excluding hydrogens is 445 g/mol. The minimum atomic E-state index is -4.39. The number of nitrogens with one attached hydrogen (secondary N) is 1. The molecule has 1 unspecified atom stereocenters. The van der Waals surface area contributed by atoms with Crippen LogP contribution in [0.25, 0.3) is 0 Å². The summed E-state index contributed by atoms with van der Waals surface area (Å²) < 4.78 is 48.7. The molecule has 1 amide bonds. The zero-order valence-corrected chi connectivity index (χ0v) is 18.3. The largest absolute Gasteiger partial charge is 0.494 e. The Bertz CT molecular complexity index is 860. The summed E-state index contributed by atoms with van der Waals surface area (Å²) in [5.74, 6) is 1.10. The lowest BCUT2D eigenvalue weighted by molar-refractivity contribution is -0.137. The molecule has 32 heavy (non-hydrogen) atoms. The number of nitrogens with zero attached hydrogens (tertiary/aromatic N) is 1. The number of halogens is 4. The Balaban J connectivity index is 1.27. The lowest BCUT2D eigenvalue weighted by atomic mass is 10.1. The summed E-state index contributed by atoms with van der Waals surface area (Å²) in [5.41, 5.74) is -0.753. The number of likely N-dealkylation sites (tertiary alicyclic amines) is 1. The van der Waals surface area contributed by atoms with E-state index in [1.165, 1.54) is 12.1 Å². The van der Waals surface area contributed by atoms with Crippen LogP contribution in [0.4, 0.5) is 13.2 Å². The van der Waals surface area contributed by atoms with Crippen LogP contribution in [-0.4, -0.2) is 50.2 Å². The van der Waals surface area contributed by atoms with Crippen molar-refractivity contribution in [1.29, 1.82) is 0 Å². The summed E-state index contributed by atoms with van der Waals surface area (Å²) in [7, 11) is 0. The normalized spacial score (nSPS) is 16.7. The van der Waals surface area contributed by atoms with E-state index in [-0.39, 0.29) is 18.3 Å². The van der Waals surface area contributed by atoms with Crippen LogP contribution >= 0.6 is 11.6 Å². The molecule has 1 saturated heterocycles. The third-order valence-corrected chi connectivity index (χ3v) is 5.46. The van der Waals surface area contributed by atoms with Crippen molar-refractivity contribution in [3.8, 4) is 11.5 Å². The van der Waals surface area contributed by atoms with Crippen molar-refractivity contribution in [2.45, 2.75) is 19.0 Å². The van der Waals surface area contributed by atoms with E-state index in [2.05, 4.69) is 10.2 Å². The quantitative estimate of drug-likeness (QED) is 0.514. The number of hydrogen-bond acceptors (Lipinski definition) is 4. The molecule has 174 valence electrons.